The lowest BCUT2D eigenvalue weighted by atomic mass is 10.2. The summed E-state index contributed by atoms with van der Waals surface area (Å²) in [6.07, 6.45) is 0. The molecule has 0 amide bonds. The first kappa shape index (κ1) is 7.08. The van der Waals surface area contributed by atoms with E-state index in [2.05, 4.69) is 6.58 Å². The molecule has 0 fully saturated rings. The predicted octanol–water partition coefficient (Wildman–Crippen LogP) is 1.91. The molecule has 2 nitrogen and oxygen atoms in total. The van der Waals surface area contributed by atoms with Gasteiger partial charge in [0.05, 0.1) is 5.76 Å². The van der Waals surface area contributed by atoms with Gasteiger partial charge in [-0.15, -0.1) is 0 Å². The van der Waals surface area contributed by atoms with Gasteiger partial charge in [0.15, 0.2) is 0 Å². The summed E-state index contributed by atoms with van der Waals surface area (Å²) < 4.78 is 0. The summed E-state index contributed by atoms with van der Waals surface area (Å²) >= 11 is 0. The standard InChI is InChI=1S/C6H10O2/c1-4(5(2)7)6(3)8/h7-8H,2H2,1,3H3. The van der Waals surface area contributed by atoms with Crippen LogP contribution in [0.15, 0.2) is 23.7 Å². The highest BCUT2D eigenvalue weighted by Crippen LogP contribution is 2.05. The van der Waals surface area contributed by atoms with E-state index in [-0.39, 0.29) is 11.5 Å². The second-order valence-corrected chi connectivity index (χ2v) is 1.66. The Balaban J connectivity index is 4.23. The van der Waals surface area contributed by atoms with E-state index in [1.807, 2.05) is 0 Å². The smallest absolute Gasteiger partial charge is 0.114 e. The van der Waals surface area contributed by atoms with Gasteiger partial charge in [-0.25, -0.2) is 0 Å². The van der Waals surface area contributed by atoms with E-state index in [4.69, 9.17) is 10.2 Å². The van der Waals surface area contributed by atoms with Crippen molar-refractivity contribution in [2.24, 2.45) is 0 Å². The molecule has 0 aliphatic rings. The minimum atomic E-state index is -0.0787. The van der Waals surface area contributed by atoms with Crippen LogP contribution in [0.1, 0.15) is 13.8 Å². The highest BCUT2D eigenvalue weighted by Gasteiger charge is 1.94. The molecule has 0 atom stereocenters. The second kappa shape index (κ2) is 2.40. The highest BCUT2D eigenvalue weighted by molar-refractivity contribution is 5.20. The Morgan fingerprint density at radius 1 is 1.25 bits per heavy atom. The SMILES string of the molecule is C=C(O)C(C)=C(C)O. The first-order valence-corrected chi connectivity index (χ1v) is 2.30. The van der Waals surface area contributed by atoms with Crippen LogP contribution in [0.3, 0.4) is 0 Å². The van der Waals surface area contributed by atoms with E-state index >= 15 is 0 Å². The summed E-state index contributed by atoms with van der Waals surface area (Å²) in [7, 11) is 0. The van der Waals surface area contributed by atoms with Gasteiger partial charge in [0.25, 0.3) is 0 Å². The molecular weight excluding hydrogens is 104 g/mol. The van der Waals surface area contributed by atoms with Crippen LogP contribution in [0.2, 0.25) is 0 Å². The summed E-state index contributed by atoms with van der Waals surface area (Å²) in [5, 5.41) is 17.2. The number of allylic oxidation sites excluding steroid dienone is 2. The molecule has 0 rings (SSSR count). The third-order valence-electron chi connectivity index (χ3n) is 0.976. The zero-order chi connectivity index (χ0) is 6.73. The molecule has 8 heavy (non-hydrogen) atoms. The Morgan fingerprint density at radius 3 is 1.62 bits per heavy atom. The van der Waals surface area contributed by atoms with Gasteiger partial charge in [0.1, 0.15) is 5.76 Å². The Kier molecular flexibility index (Phi) is 2.13. The summed E-state index contributed by atoms with van der Waals surface area (Å²) in [5.41, 5.74) is 0.435. The zero-order valence-corrected chi connectivity index (χ0v) is 5.10. The van der Waals surface area contributed by atoms with Crippen molar-refractivity contribution < 1.29 is 10.2 Å². The molecule has 0 saturated carbocycles. The summed E-state index contributed by atoms with van der Waals surface area (Å²) in [6.45, 7) is 6.31. The third-order valence-corrected chi connectivity index (χ3v) is 0.976. The number of hydrogen-bond donors (Lipinski definition) is 2. The molecule has 0 aromatic carbocycles. The number of hydrogen-bond acceptors (Lipinski definition) is 2. The van der Waals surface area contributed by atoms with Crippen LogP contribution < -0.4 is 0 Å². The molecule has 0 bridgehead atoms. The van der Waals surface area contributed by atoms with Gasteiger partial charge >= 0.3 is 0 Å². The molecule has 0 saturated heterocycles. The van der Waals surface area contributed by atoms with E-state index in [0.29, 0.717) is 5.57 Å². The van der Waals surface area contributed by atoms with Crippen LogP contribution in [0, 0.1) is 0 Å². The van der Waals surface area contributed by atoms with Crippen LogP contribution in [0.5, 0.6) is 0 Å². The van der Waals surface area contributed by atoms with Crippen molar-refractivity contribution in [2.45, 2.75) is 13.8 Å². The molecule has 0 aromatic rings. The lowest BCUT2D eigenvalue weighted by Gasteiger charge is -1.96. The van der Waals surface area contributed by atoms with Gasteiger partial charge in [-0.2, -0.15) is 0 Å². The first-order chi connectivity index (χ1) is 3.55. The quantitative estimate of drug-likeness (QED) is 0.404. The molecule has 46 valence electrons. The minimum absolute atomic E-state index is 0.0787. The van der Waals surface area contributed by atoms with Crippen molar-refractivity contribution in [2.75, 3.05) is 0 Å². The van der Waals surface area contributed by atoms with Crippen molar-refractivity contribution in [3.63, 3.8) is 0 Å². The van der Waals surface area contributed by atoms with Gasteiger partial charge in [-0.3, -0.25) is 0 Å². The molecule has 0 heterocycles. The van der Waals surface area contributed by atoms with Crippen molar-refractivity contribution in [1.82, 2.24) is 0 Å². The lowest BCUT2D eigenvalue weighted by Crippen LogP contribution is -1.84. The van der Waals surface area contributed by atoms with Crippen LogP contribution in [0.4, 0.5) is 0 Å². The summed E-state index contributed by atoms with van der Waals surface area (Å²) in [4.78, 5) is 0. The largest absolute Gasteiger partial charge is 0.512 e. The Hall–Kier alpha value is -0.920. The number of aliphatic hydroxyl groups excluding tert-OH is 2. The van der Waals surface area contributed by atoms with E-state index < -0.39 is 0 Å². The molecule has 0 spiro atoms. The Morgan fingerprint density at radius 2 is 1.62 bits per heavy atom. The van der Waals surface area contributed by atoms with Crippen LogP contribution in [-0.2, 0) is 0 Å². The van der Waals surface area contributed by atoms with E-state index in [1.165, 1.54) is 6.92 Å². The molecule has 0 aliphatic heterocycles. The third kappa shape index (κ3) is 1.69. The maximum absolute atomic E-state index is 8.65. The number of rotatable bonds is 1. The van der Waals surface area contributed by atoms with Gasteiger partial charge in [0, 0.05) is 5.57 Å². The molecular formula is C6H10O2. The maximum Gasteiger partial charge on any atom is 0.114 e. The van der Waals surface area contributed by atoms with Crippen LogP contribution >= 0.6 is 0 Å². The maximum atomic E-state index is 8.65. The van der Waals surface area contributed by atoms with Crippen molar-refractivity contribution in [3.8, 4) is 0 Å². The fourth-order valence-corrected chi connectivity index (χ4v) is 0.209. The summed E-state index contributed by atoms with van der Waals surface area (Å²) in [6, 6.07) is 0. The van der Waals surface area contributed by atoms with Crippen molar-refractivity contribution in [1.29, 1.82) is 0 Å². The molecule has 2 N–H and O–H groups in total. The lowest BCUT2D eigenvalue weighted by molar-refractivity contribution is 0.383. The van der Waals surface area contributed by atoms with Gasteiger partial charge in [0.2, 0.25) is 0 Å². The first-order valence-electron chi connectivity index (χ1n) is 2.30. The van der Waals surface area contributed by atoms with E-state index in [9.17, 15) is 0 Å². The zero-order valence-electron chi connectivity index (χ0n) is 5.10. The van der Waals surface area contributed by atoms with Gasteiger partial charge in [-0.05, 0) is 13.8 Å². The fraction of sp³-hybridized carbons (Fsp3) is 0.333. The predicted molar refractivity (Wildman–Crippen MR) is 32.8 cm³/mol. The summed E-state index contributed by atoms with van der Waals surface area (Å²) in [5.74, 6) is 0.0301. The minimum Gasteiger partial charge on any atom is -0.512 e. The Labute approximate surface area is 48.8 Å². The van der Waals surface area contributed by atoms with Crippen LogP contribution in [0.25, 0.3) is 0 Å². The van der Waals surface area contributed by atoms with E-state index in [0.717, 1.165) is 0 Å². The van der Waals surface area contributed by atoms with Gasteiger partial charge in [-0.1, -0.05) is 6.58 Å². The van der Waals surface area contributed by atoms with Crippen molar-refractivity contribution >= 4 is 0 Å². The average Bonchev–Trinajstić information content (AvgIpc) is 1.64. The number of aliphatic hydroxyl groups is 2. The van der Waals surface area contributed by atoms with Crippen LogP contribution in [-0.4, -0.2) is 10.2 Å². The van der Waals surface area contributed by atoms with Crippen molar-refractivity contribution in [3.05, 3.63) is 23.7 Å². The van der Waals surface area contributed by atoms with E-state index in [1.54, 1.807) is 6.92 Å². The molecule has 0 aromatic heterocycles. The monoisotopic (exact) mass is 114 g/mol. The topological polar surface area (TPSA) is 40.5 Å². The van der Waals surface area contributed by atoms with Gasteiger partial charge < -0.3 is 10.2 Å². The molecule has 0 radical (unpaired) electrons. The molecule has 0 unspecified atom stereocenters. The average molecular weight is 114 g/mol. The Bertz CT molecular complexity index is 129. The second-order valence-electron chi connectivity index (χ2n) is 1.66. The highest BCUT2D eigenvalue weighted by atomic mass is 16.3. The fourth-order valence-electron chi connectivity index (χ4n) is 0.209. The molecule has 0 aliphatic carbocycles. The molecule has 2 heteroatoms. The normalized spacial score (nSPS) is 12.8.